The highest BCUT2D eigenvalue weighted by Gasteiger charge is 2.21. The lowest BCUT2D eigenvalue weighted by molar-refractivity contribution is -0.119. The molecule has 1 aliphatic rings. The number of rotatable bonds is 9. The summed E-state index contributed by atoms with van der Waals surface area (Å²) >= 11 is 6.98. The van der Waals surface area contributed by atoms with Gasteiger partial charge < -0.3 is 20.7 Å². The van der Waals surface area contributed by atoms with Crippen LogP contribution in [0.25, 0.3) is 33.3 Å². The Morgan fingerprint density at radius 1 is 1.02 bits per heavy atom. The number of nitrogens with one attached hydrogen (secondary N) is 3. The summed E-state index contributed by atoms with van der Waals surface area (Å²) in [5.41, 5.74) is 6.74. The van der Waals surface area contributed by atoms with Gasteiger partial charge in [0.15, 0.2) is 5.82 Å². The number of carbonyl (C=O) groups excluding carboxylic acids is 1. The first-order valence-electron chi connectivity index (χ1n) is 14.0. The molecule has 1 aliphatic heterocycles. The summed E-state index contributed by atoms with van der Waals surface area (Å²) in [7, 11) is 1.54. The molecule has 218 valence electrons. The van der Waals surface area contributed by atoms with Gasteiger partial charge in [-0.25, -0.2) is 14.4 Å². The summed E-state index contributed by atoms with van der Waals surface area (Å²) in [4.78, 5) is 24.7. The van der Waals surface area contributed by atoms with Gasteiger partial charge in [-0.05, 0) is 59.9 Å². The third-order valence-electron chi connectivity index (χ3n) is 7.73. The van der Waals surface area contributed by atoms with E-state index in [1.54, 1.807) is 24.7 Å². The molecule has 8 nitrogen and oxygen atoms in total. The monoisotopic (exact) mass is 596 g/mol. The van der Waals surface area contributed by atoms with Gasteiger partial charge >= 0.3 is 0 Å². The average molecular weight is 597 g/mol. The lowest BCUT2D eigenvalue weighted by Crippen LogP contribution is -2.35. The van der Waals surface area contributed by atoms with Crippen molar-refractivity contribution in [2.75, 3.05) is 19.0 Å². The highest BCUT2D eigenvalue weighted by Crippen LogP contribution is 2.40. The predicted molar refractivity (Wildman–Crippen MR) is 167 cm³/mol. The predicted octanol–water partition coefficient (Wildman–Crippen LogP) is 6.58. The van der Waals surface area contributed by atoms with Crippen LogP contribution in [0.3, 0.4) is 0 Å². The maximum absolute atomic E-state index is 15.5. The van der Waals surface area contributed by atoms with Crippen molar-refractivity contribution in [1.82, 2.24) is 25.6 Å². The Balaban J connectivity index is 1.29. The minimum atomic E-state index is -0.364. The van der Waals surface area contributed by atoms with E-state index in [9.17, 15) is 4.79 Å². The smallest absolute Gasteiger partial charge is 0.220 e. The summed E-state index contributed by atoms with van der Waals surface area (Å²) in [6.45, 7) is 2.85. The van der Waals surface area contributed by atoms with Gasteiger partial charge in [0.2, 0.25) is 5.91 Å². The standard InChI is InChI=1S/C33H30ClFN6O2/c1-19-22(20-15-26(35)25(29(16-20)43-2)18-36-17-21-9-10-30(42)40-21)5-3-6-23(19)24-7-4-8-27(31(24)34)41-33-32-28(11-12-39-33)37-13-14-38-32/h3-8,11-16,21,36H,9-10,17-18H2,1-2H3,(H,39,41)(H,40,42)/t21-/m0/s1. The van der Waals surface area contributed by atoms with Crippen LogP contribution < -0.4 is 20.7 Å². The van der Waals surface area contributed by atoms with Crippen LogP contribution in [0.2, 0.25) is 5.02 Å². The molecular weight excluding hydrogens is 567 g/mol. The largest absolute Gasteiger partial charge is 0.496 e. The zero-order chi connectivity index (χ0) is 29.9. The molecule has 10 heteroatoms. The van der Waals surface area contributed by atoms with E-state index in [0.29, 0.717) is 51.9 Å². The number of nitrogens with zero attached hydrogens (tertiary/aromatic N) is 3. The van der Waals surface area contributed by atoms with E-state index in [0.717, 1.165) is 34.2 Å². The molecule has 1 fully saturated rings. The van der Waals surface area contributed by atoms with Crippen molar-refractivity contribution in [3.63, 3.8) is 0 Å². The van der Waals surface area contributed by atoms with E-state index in [2.05, 4.69) is 30.9 Å². The minimum Gasteiger partial charge on any atom is -0.496 e. The van der Waals surface area contributed by atoms with Crippen molar-refractivity contribution in [2.24, 2.45) is 0 Å². The second-order valence-corrected chi connectivity index (χ2v) is 10.8. The van der Waals surface area contributed by atoms with Crippen LogP contribution in [-0.4, -0.2) is 40.6 Å². The SMILES string of the molecule is COc1cc(-c2cccc(-c3cccc(Nc4nccc5nccnc45)c3Cl)c2C)cc(F)c1CNC[C@@H]1CCC(=O)N1. The van der Waals surface area contributed by atoms with Gasteiger partial charge in [0, 0.05) is 55.3 Å². The summed E-state index contributed by atoms with van der Waals surface area (Å²) in [6.07, 6.45) is 6.24. The van der Waals surface area contributed by atoms with E-state index >= 15 is 4.39 Å². The first kappa shape index (κ1) is 28.5. The molecule has 0 aliphatic carbocycles. The van der Waals surface area contributed by atoms with Gasteiger partial charge in [-0.3, -0.25) is 9.78 Å². The lowest BCUT2D eigenvalue weighted by Gasteiger charge is -2.18. The van der Waals surface area contributed by atoms with Crippen LogP contribution in [0.5, 0.6) is 5.75 Å². The Kier molecular flexibility index (Phi) is 8.18. The van der Waals surface area contributed by atoms with Crippen LogP contribution in [-0.2, 0) is 11.3 Å². The summed E-state index contributed by atoms with van der Waals surface area (Å²) < 4.78 is 21.1. The number of anilines is 2. The normalized spacial score (nSPS) is 14.6. The number of carbonyl (C=O) groups is 1. The summed E-state index contributed by atoms with van der Waals surface area (Å²) in [6, 6.07) is 16.9. The molecule has 0 unspecified atom stereocenters. The molecule has 3 heterocycles. The molecule has 5 aromatic rings. The fourth-order valence-corrected chi connectivity index (χ4v) is 5.79. The summed E-state index contributed by atoms with van der Waals surface area (Å²) in [5, 5.41) is 10.0. The second-order valence-electron chi connectivity index (χ2n) is 10.4. The molecule has 3 aromatic carbocycles. The molecule has 0 spiro atoms. The summed E-state index contributed by atoms with van der Waals surface area (Å²) in [5.74, 6) is 0.702. The zero-order valence-electron chi connectivity index (χ0n) is 23.7. The van der Waals surface area contributed by atoms with Gasteiger partial charge in [0.25, 0.3) is 0 Å². The molecule has 1 saturated heterocycles. The molecule has 1 atom stereocenters. The molecule has 0 saturated carbocycles. The molecule has 2 aromatic heterocycles. The molecule has 6 rings (SSSR count). The molecule has 1 amide bonds. The van der Waals surface area contributed by atoms with E-state index < -0.39 is 0 Å². The third kappa shape index (κ3) is 5.86. The number of methoxy groups -OCH3 is 1. The number of hydrogen-bond acceptors (Lipinski definition) is 7. The molecule has 0 bridgehead atoms. The van der Waals surface area contributed by atoms with Crippen LogP contribution in [0.1, 0.15) is 24.0 Å². The average Bonchev–Trinajstić information content (AvgIpc) is 3.44. The van der Waals surface area contributed by atoms with Crippen molar-refractivity contribution in [1.29, 1.82) is 0 Å². The molecule has 3 N–H and O–H groups in total. The number of fused-ring (bicyclic) bond motifs is 1. The van der Waals surface area contributed by atoms with E-state index in [1.807, 2.05) is 49.4 Å². The quantitative estimate of drug-likeness (QED) is 0.177. The van der Waals surface area contributed by atoms with Gasteiger partial charge in [0.1, 0.15) is 17.1 Å². The van der Waals surface area contributed by atoms with Crippen LogP contribution in [0.4, 0.5) is 15.9 Å². The number of benzene rings is 3. The van der Waals surface area contributed by atoms with Crippen molar-refractivity contribution in [3.8, 4) is 28.0 Å². The molecule has 0 radical (unpaired) electrons. The van der Waals surface area contributed by atoms with Crippen molar-refractivity contribution >= 4 is 40.0 Å². The van der Waals surface area contributed by atoms with Crippen LogP contribution in [0, 0.1) is 12.7 Å². The van der Waals surface area contributed by atoms with Gasteiger partial charge in [-0.15, -0.1) is 0 Å². The minimum absolute atomic E-state index is 0.0541. The Bertz CT molecular complexity index is 1830. The van der Waals surface area contributed by atoms with Crippen LogP contribution >= 0.6 is 11.6 Å². The molecular formula is C33H30ClFN6O2. The highest BCUT2D eigenvalue weighted by atomic mass is 35.5. The maximum atomic E-state index is 15.5. The Labute approximate surface area is 253 Å². The fourth-order valence-electron chi connectivity index (χ4n) is 5.51. The van der Waals surface area contributed by atoms with Gasteiger partial charge in [-0.1, -0.05) is 41.9 Å². The number of amides is 1. The Morgan fingerprint density at radius 2 is 1.81 bits per heavy atom. The number of aromatic nitrogens is 3. The highest BCUT2D eigenvalue weighted by molar-refractivity contribution is 6.36. The van der Waals surface area contributed by atoms with Crippen molar-refractivity contribution in [3.05, 3.63) is 95.2 Å². The van der Waals surface area contributed by atoms with Crippen LogP contribution in [0.15, 0.2) is 73.2 Å². The van der Waals surface area contributed by atoms with E-state index in [-0.39, 0.29) is 24.3 Å². The van der Waals surface area contributed by atoms with Crippen molar-refractivity contribution < 1.29 is 13.9 Å². The van der Waals surface area contributed by atoms with Gasteiger partial charge in [-0.2, -0.15) is 0 Å². The zero-order valence-corrected chi connectivity index (χ0v) is 24.5. The number of ether oxygens (including phenoxy) is 1. The topological polar surface area (TPSA) is 101 Å². The lowest BCUT2D eigenvalue weighted by atomic mass is 9.91. The van der Waals surface area contributed by atoms with Crippen molar-refractivity contribution in [2.45, 2.75) is 32.4 Å². The number of hydrogen-bond donors (Lipinski definition) is 3. The number of pyridine rings is 1. The first-order valence-corrected chi connectivity index (χ1v) is 14.4. The molecule has 43 heavy (non-hydrogen) atoms. The van der Waals surface area contributed by atoms with E-state index in [4.69, 9.17) is 16.3 Å². The first-order chi connectivity index (χ1) is 20.9. The second kappa shape index (κ2) is 12.3. The van der Waals surface area contributed by atoms with E-state index in [1.165, 1.54) is 13.2 Å². The Hall–Kier alpha value is -4.60. The Morgan fingerprint density at radius 3 is 2.63 bits per heavy atom. The third-order valence-corrected chi connectivity index (χ3v) is 8.13. The number of halogens is 2. The fraction of sp³-hybridized carbons (Fsp3) is 0.212. The maximum Gasteiger partial charge on any atom is 0.220 e. The van der Waals surface area contributed by atoms with Gasteiger partial charge in [0.05, 0.1) is 23.3 Å².